The predicted octanol–water partition coefficient (Wildman–Crippen LogP) is 2.33. The van der Waals surface area contributed by atoms with Crippen LogP contribution in [0.5, 0.6) is 0 Å². The molecule has 1 aliphatic carbocycles. The largest absolute Gasteiger partial charge is 0.376 e. The SMILES string of the molecule is N#Cc1ccc2c(c1)nc(C1COCCO1)n2C1CC1. The van der Waals surface area contributed by atoms with E-state index < -0.39 is 0 Å². The highest BCUT2D eigenvalue weighted by atomic mass is 16.6. The maximum atomic E-state index is 9.01. The zero-order valence-electron chi connectivity index (χ0n) is 11.1. The number of fused-ring (bicyclic) bond motifs is 1. The van der Waals surface area contributed by atoms with Gasteiger partial charge in [0.25, 0.3) is 0 Å². The molecule has 4 rings (SSSR count). The number of nitrogens with zero attached hydrogens (tertiary/aromatic N) is 3. The third-order valence-corrected chi connectivity index (χ3v) is 3.86. The van der Waals surface area contributed by atoms with E-state index in [1.807, 2.05) is 18.2 Å². The monoisotopic (exact) mass is 269 g/mol. The molecule has 5 heteroatoms. The second-order valence-corrected chi connectivity index (χ2v) is 5.32. The average molecular weight is 269 g/mol. The van der Waals surface area contributed by atoms with Crippen LogP contribution in [0.4, 0.5) is 0 Å². The Bertz CT molecular complexity index is 691. The predicted molar refractivity (Wildman–Crippen MR) is 72.2 cm³/mol. The van der Waals surface area contributed by atoms with Gasteiger partial charge in [-0.15, -0.1) is 0 Å². The normalized spacial score (nSPS) is 22.9. The number of benzene rings is 1. The number of hydrogen-bond acceptors (Lipinski definition) is 4. The van der Waals surface area contributed by atoms with E-state index in [1.54, 1.807) is 0 Å². The van der Waals surface area contributed by atoms with Crippen LogP contribution < -0.4 is 0 Å². The molecular formula is C15H15N3O2. The van der Waals surface area contributed by atoms with Gasteiger partial charge in [-0.25, -0.2) is 4.98 Å². The van der Waals surface area contributed by atoms with Gasteiger partial charge in [-0.1, -0.05) is 0 Å². The first-order valence-electron chi connectivity index (χ1n) is 6.98. The van der Waals surface area contributed by atoms with Crippen molar-refractivity contribution in [2.45, 2.75) is 25.0 Å². The maximum Gasteiger partial charge on any atom is 0.141 e. The van der Waals surface area contributed by atoms with Crippen LogP contribution in [0.15, 0.2) is 18.2 Å². The number of hydrogen-bond donors (Lipinski definition) is 0. The Labute approximate surface area is 116 Å². The van der Waals surface area contributed by atoms with Crippen molar-refractivity contribution in [1.82, 2.24) is 9.55 Å². The molecule has 1 saturated carbocycles. The molecular weight excluding hydrogens is 254 g/mol. The lowest BCUT2D eigenvalue weighted by molar-refractivity contribution is -0.0945. The van der Waals surface area contributed by atoms with Gasteiger partial charge in [-0.3, -0.25) is 0 Å². The van der Waals surface area contributed by atoms with Crippen molar-refractivity contribution < 1.29 is 9.47 Å². The van der Waals surface area contributed by atoms with E-state index >= 15 is 0 Å². The van der Waals surface area contributed by atoms with Crippen LogP contribution in [0.25, 0.3) is 11.0 Å². The van der Waals surface area contributed by atoms with Gasteiger partial charge in [0.05, 0.1) is 42.5 Å². The van der Waals surface area contributed by atoms with Crippen molar-refractivity contribution in [3.05, 3.63) is 29.6 Å². The minimum absolute atomic E-state index is 0.0951. The van der Waals surface area contributed by atoms with E-state index in [1.165, 1.54) is 12.8 Å². The zero-order valence-corrected chi connectivity index (χ0v) is 11.1. The quantitative estimate of drug-likeness (QED) is 0.839. The van der Waals surface area contributed by atoms with Gasteiger partial charge in [0.1, 0.15) is 11.9 Å². The van der Waals surface area contributed by atoms with Gasteiger partial charge >= 0.3 is 0 Å². The maximum absolute atomic E-state index is 9.01. The molecule has 1 atom stereocenters. The first-order chi connectivity index (χ1) is 9.86. The van der Waals surface area contributed by atoms with E-state index in [2.05, 4.69) is 10.6 Å². The highest BCUT2D eigenvalue weighted by Crippen LogP contribution is 2.40. The first kappa shape index (κ1) is 11.9. The summed E-state index contributed by atoms with van der Waals surface area (Å²) in [6.07, 6.45) is 2.28. The number of ether oxygens (including phenoxy) is 2. The van der Waals surface area contributed by atoms with Crippen molar-refractivity contribution >= 4 is 11.0 Å². The summed E-state index contributed by atoms with van der Waals surface area (Å²) < 4.78 is 13.6. The molecule has 1 aromatic carbocycles. The summed E-state index contributed by atoms with van der Waals surface area (Å²) in [5, 5.41) is 9.01. The summed E-state index contributed by atoms with van der Waals surface area (Å²) in [7, 11) is 0. The third kappa shape index (κ3) is 1.89. The summed E-state index contributed by atoms with van der Waals surface area (Å²) >= 11 is 0. The van der Waals surface area contributed by atoms with Crippen LogP contribution in [-0.2, 0) is 9.47 Å². The Hall–Kier alpha value is -1.90. The molecule has 2 aliphatic rings. The van der Waals surface area contributed by atoms with Gasteiger partial charge in [-0.2, -0.15) is 5.26 Å². The molecule has 2 aromatic rings. The topological polar surface area (TPSA) is 60.1 Å². The number of nitriles is 1. The zero-order chi connectivity index (χ0) is 13.5. The van der Waals surface area contributed by atoms with Crippen LogP contribution in [-0.4, -0.2) is 29.4 Å². The Morgan fingerprint density at radius 2 is 2.20 bits per heavy atom. The Morgan fingerprint density at radius 3 is 2.90 bits per heavy atom. The molecule has 0 spiro atoms. The second-order valence-electron chi connectivity index (χ2n) is 5.32. The molecule has 0 amide bonds. The highest BCUT2D eigenvalue weighted by Gasteiger charge is 2.32. The van der Waals surface area contributed by atoms with Crippen molar-refractivity contribution in [3.63, 3.8) is 0 Å². The van der Waals surface area contributed by atoms with Crippen molar-refractivity contribution in [2.24, 2.45) is 0 Å². The molecule has 1 aromatic heterocycles. The molecule has 0 radical (unpaired) electrons. The fraction of sp³-hybridized carbons (Fsp3) is 0.467. The fourth-order valence-electron chi connectivity index (χ4n) is 2.77. The number of rotatable bonds is 2. The molecule has 1 unspecified atom stereocenters. The number of aromatic nitrogens is 2. The molecule has 2 fully saturated rings. The Balaban J connectivity index is 1.85. The lowest BCUT2D eigenvalue weighted by Crippen LogP contribution is -2.24. The highest BCUT2D eigenvalue weighted by molar-refractivity contribution is 5.78. The number of imidazole rings is 1. The van der Waals surface area contributed by atoms with E-state index in [4.69, 9.17) is 19.7 Å². The summed E-state index contributed by atoms with van der Waals surface area (Å²) in [6.45, 7) is 1.82. The van der Waals surface area contributed by atoms with Crippen LogP contribution in [0.1, 0.15) is 36.4 Å². The second kappa shape index (κ2) is 4.58. The summed E-state index contributed by atoms with van der Waals surface area (Å²) in [5.41, 5.74) is 2.61. The van der Waals surface area contributed by atoms with Crippen LogP contribution >= 0.6 is 0 Å². The van der Waals surface area contributed by atoms with Crippen LogP contribution in [0.2, 0.25) is 0 Å². The Morgan fingerprint density at radius 1 is 1.30 bits per heavy atom. The van der Waals surface area contributed by atoms with Gasteiger partial charge in [0.2, 0.25) is 0 Å². The molecule has 20 heavy (non-hydrogen) atoms. The van der Waals surface area contributed by atoms with Crippen molar-refractivity contribution in [3.8, 4) is 6.07 Å². The Kier molecular flexibility index (Phi) is 2.72. The molecule has 1 saturated heterocycles. The van der Waals surface area contributed by atoms with Crippen molar-refractivity contribution in [1.29, 1.82) is 5.26 Å². The van der Waals surface area contributed by atoms with E-state index in [9.17, 15) is 0 Å². The van der Waals surface area contributed by atoms with E-state index in [0.717, 1.165) is 16.9 Å². The molecule has 5 nitrogen and oxygen atoms in total. The summed E-state index contributed by atoms with van der Waals surface area (Å²) in [4.78, 5) is 4.71. The fourth-order valence-corrected chi connectivity index (χ4v) is 2.77. The molecule has 0 N–H and O–H groups in total. The van der Waals surface area contributed by atoms with Crippen LogP contribution in [0.3, 0.4) is 0 Å². The van der Waals surface area contributed by atoms with Gasteiger partial charge in [0, 0.05) is 6.04 Å². The van der Waals surface area contributed by atoms with E-state index in [0.29, 0.717) is 31.4 Å². The lowest BCUT2D eigenvalue weighted by Gasteiger charge is -2.23. The molecule has 102 valence electrons. The van der Waals surface area contributed by atoms with Gasteiger partial charge < -0.3 is 14.0 Å². The third-order valence-electron chi connectivity index (χ3n) is 3.86. The lowest BCUT2D eigenvalue weighted by atomic mass is 10.2. The average Bonchev–Trinajstić information content (AvgIpc) is 3.27. The van der Waals surface area contributed by atoms with E-state index in [-0.39, 0.29) is 6.10 Å². The minimum Gasteiger partial charge on any atom is -0.376 e. The van der Waals surface area contributed by atoms with Gasteiger partial charge in [0.15, 0.2) is 0 Å². The molecule has 1 aliphatic heterocycles. The molecule has 2 heterocycles. The van der Waals surface area contributed by atoms with Gasteiger partial charge in [-0.05, 0) is 31.0 Å². The standard InChI is InChI=1S/C15H15N3O2/c16-8-10-1-4-13-12(7-10)17-15(18(13)11-2-3-11)14-9-19-5-6-20-14/h1,4,7,11,14H,2-3,5-6,9H2. The first-order valence-corrected chi connectivity index (χ1v) is 6.98. The van der Waals surface area contributed by atoms with Crippen LogP contribution in [0, 0.1) is 11.3 Å². The summed E-state index contributed by atoms with van der Waals surface area (Å²) in [6, 6.07) is 8.38. The molecule has 0 bridgehead atoms. The van der Waals surface area contributed by atoms with Crippen molar-refractivity contribution in [2.75, 3.05) is 19.8 Å². The summed E-state index contributed by atoms with van der Waals surface area (Å²) in [5.74, 6) is 0.942. The smallest absolute Gasteiger partial charge is 0.141 e. The minimum atomic E-state index is -0.0951.